The normalized spacial score (nSPS) is 11.2. The Kier molecular flexibility index (Phi) is 7.32. The van der Waals surface area contributed by atoms with Crippen LogP contribution < -0.4 is 5.43 Å². The second-order valence-electron chi connectivity index (χ2n) is 6.98. The molecule has 0 bridgehead atoms. The average Bonchev–Trinajstić information content (AvgIpc) is 3.37. The summed E-state index contributed by atoms with van der Waals surface area (Å²) in [5.74, 6) is -0.224. The number of carbonyl (C=O) groups excluding carboxylic acids is 1. The molecule has 0 aliphatic rings. The maximum atomic E-state index is 12.3. The zero-order valence-corrected chi connectivity index (χ0v) is 20.2. The summed E-state index contributed by atoms with van der Waals surface area (Å²) in [5.41, 5.74) is 6.26. The van der Waals surface area contributed by atoms with Crippen LogP contribution in [0.25, 0.3) is 10.6 Å². The van der Waals surface area contributed by atoms with E-state index in [0.717, 1.165) is 38.1 Å². The van der Waals surface area contributed by atoms with Crippen LogP contribution >= 0.6 is 45.9 Å². The largest absolute Gasteiger partial charge is 0.273 e. The Hall–Kier alpha value is -2.58. The highest BCUT2D eigenvalue weighted by atomic mass is 35.5. The van der Waals surface area contributed by atoms with Crippen molar-refractivity contribution in [2.75, 3.05) is 0 Å². The van der Waals surface area contributed by atoms with Crippen molar-refractivity contribution in [2.24, 2.45) is 5.10 Å². The fourth-order valence-corrected chi connectivity index (χ4v) is 4.97. The van der Waals surface area contributed by atoms with Gasteiger partial charge in [-0.3, -0.25) is 4.79 Å². The average molecular weight is 501 g/mol. The summed E-state index contributed by atoms with van der Waals surface area (Å²) in [6.45, 7) is 1.93. The number of aromatic nitrogens is 2. The molecule has 0 radical (unpaired) electrons. The number of thiazole rings is 2. The molecule has 162 valence electrons. The molecule has 4 aromatic rings. The lowest BCUT2D eigenvalue weighted by molar-refractivity contribution is -0.120. The summed E-state index contributed by atoms with van der Waals surface area (Å²) in [6.07, 6.45) is 2.52. The molecule has 0 aliphatic heterocycles. The van der Waals surface area contributed by atoms with Crippen LogP contribution in [0.3, 0.4) is 0 Å². The molecule has 2 heterocycles. The van der Waals surface area contributed by atoms with Crippen LogP contribution in [0, 0.1) is 6.92 Å². The maximum absolute atomic E-state index is 12.3. The van der Waals surface area contributed by atoms with Crippen LogP contribution in [0.2, 0.25) is 10.0 Å². The van der Waals surface area contributed by atoms with Crippen molar-refractivity contribution in [2.45, 2.75) is 19.8 Å². The lowest BCUT2D eigenvalue weighted by Crippen LogP contribution is -2.19. The predicted octanol–water partition coefficient (Wildman–Crippen LogP) is 6.17. The molecule has 0 saturated carbocycles. The molecule has 0 unspecified atom stereocenters. The minimum atomic E-state index is -0.224. The van der Waals surface area contributed by atoms with E-state index >= 15 is 0 Å². The van der Waals surface area contributed by atoms with Gasteiger partial charge in [-0.05, 0) is 36.8 Å². The number of amides is 1. The number of aryl methyl sites for hydroxylation is 1. The molecular formula is C23H18Cl2N4OS2. The van der Waals surface area contributed by atoms with E-state index in [2.05, 4.69) is 20.5 Å². The Morgan fingerprint density at radius 2 is 1.75 bits per heavy atom. The van der Waals surface area contributed by atoms with Gasteiger partial charge in [-0.15, -0.1) is 22.7 Å². The Morgan fingerprint density at radius 3 is 2.47 bits per heavy atom. The first-order valence-electron chi connectivity index (χ1n) is 9.69. The zero-order valence-electron chi connectivity index (χ0n) is 17.0. The van der Waals surface area contributed by atoms with Crippen molar-refractivity contribution < 1.29 is 4.79 Å². The molecule has 0 spiro atoms. The second kappa shape index (κ2) is 10.4. The molecule has 1 N–H and O–H groups in total. The van der Waals surface area contributed by atoms with E-state index in [-0.39, 0.29) is 12.3 Å². The number of rotatable bonds is 7. The fraction of sp³-hybridized carbons (Fsp3) is 0.130. The molecule has 5 nitrogen and oxygen atoms in total. The standard InChI is InChI=1S/C23H18Cl2N4OS2/c1-14-20(32-22(27-14)10-15-2-6-17(24)7-3-15)12-26-29-21(30)11-19-13-31-23(28-19)16-4-8-18(25)9-5-16/h2-9,12-13H,10-11H2,1H3,(H,29,30)/b26-12-. The fourth-order valence-electron chi connectivity index (χ4n) is 2.92. The maximum Gasteiger partial charge on any atom is 0.246 e. The molecule has 0 atom stereocenters. The lowest BCUT2D eigenvalue weighted by atomic mass is 10.2. The van der Waals surface area contributed by atoms with Gasteiger partial charge in [0, 0.05) is 27.4 Å². The molecule has 1 amide bonds. The third-order valence-corrected chi connectivity index (χ3v) is 7.04. The first kappa shape index (κ1) is 22.6. The van der Waals surface area contributed by atoms with Crippen LogP contribution in [0.5, 0.6) is 0 Å². The van der Waals surface area contributed by atoms with Crippen LogP contribution in [-0.4, -0.2) is 22.1 Å². The number of hydrogen-bond acceptors (Lipinski definition) is 6. The van der Waals surface area contributed by atoms with Gasteiger partial charge in [0.05, 0.1) is 33.9 Å². The summed E-state index contributed by atoms with van der Waals surface area (Å²) in [7, 11) is 0. The van der Waals surface area contributed by atoms with E-state index in [1.54, 1.807) is 17.6 Å². The van der Waals surface area contributed by atoms with Gasteiger partial charge in [-0.25, -0.2) is 15.4 Å². The van der Waals surface area contributed by atoms with E-state index in [9.17, 15) is 4.79 Å². The van der Waals surface area contributed by atoms with Crippen LogP contribution in [-0.2, 0) is 17.6 Å². The number of nitrogens with zero attached hydrogens (tertiary/aromatic N) is 3. The highest BCUT2D eigenvalue weighted by Crippen LogP contribution is 2.25. The predicted molar refractivity (Wildman–Crippen MR) is 133 cm³/mol. The number of benzene rings is 2. The Bertz CT molecular complexity index is 1250. The van der Waals surface area contributed by atoms with Crippen LogP contribution in [0.1, 0.15) is 26.8 Å². The SMILES string of the molecule is Cc1nc(Cc2ccc(Cl)cc2)sc1/C=N\NC(=O)Cc1csc(-c2ccc(Cl)cc2)n1. The van der Waals surface area contributed by atoms with Gasteiger partial charge in [0.2, 0.25) is 5.91 Å². The molecule has 0 aliphatic carbocycles. The molecular weight excluding hydrogens is 483 g/mol. The minimum absolute atomic E-state index is 0.158. The van der Waals surface area contributed by atoms with Gasteiger partial charge in [-0.2, -0.15) is 5.10 Å². The van der Waals surface area contributed by atoms with E-state index in [1.165, 1.54) is 11.3 Å². The van der Waals surface area contributed by atoms with Crippen molar-refractivity contribution in [3.05, 3.63) is 90.8 Å². The third-order valence-electron chi connectivity index (χ3n) is 4.50. The molecule has 2 aromatic carbocycles. The van der Waals surface area contributed by atoms with E-state index in [4.69, 9.17) is 23.2 Å². The second-order valence-corrected chi connectivity index (χ2v) is 9.83. The highest BCUT2D eigenvalue weighted by molar-refractivity contribution is 7.13. The molecule has 2 aromatic heterocycles. The molecule has 0 fully saturated rings. The zero-order chi connectivity index (χ0) is 22.5. The quantitative estimate of drug-likeness (QED) is 0.243. The molecule has 32 heavy (non-hydrogen) atoms. The summed E-state index contributed by atoms with van der Waals surface area (Å²) in [6, 6.07) is 15.2. The number of carbonyl (C=O) groups is 1. The van der Waals surface area contributed by atoms with Gasteiger partial charge in [0.15, 0.2) is 0 Å². The number of hydrogen-bond donors (Lipinski definition) is 1. The highest BCUT2D eigenvalue weighted by Gasteiger charge is 2.10. The van der Waals surface area contributed by atoms with Gasteiger partial charge in [0.1, 0.15) is 5.01 Å². The number of nitrogens with one attached hydrogen (secondary N) is 1. The Labute approximate surface area is 203 Å². The van der Waals surface area contributed by atoms with Crippen LogP contribution in [0.15, 0.2) is 59.0 Å². The minimum Gasteiger partial charge on any atom is -0.273 e. The topological polar surface area (TPSA) is 67.2 Å². The van der Waals surface area contributed by atoms with E-state index in [0.29, 0.717) is 15.7 Å². The molecule has 0 saturated heterocycles. The van der Waals surface area contributed by atoms with E-state index < -0.39 is 0 Å². The van der Waals surface area contributed by atoms with Gasteiger partial charge >= 0.3 is 0 Å². The summed E-state index contributed by atoms with van der Waals surface area (Å²) < 4.78 is 0. The third kappa shape index (κ3) is 6.01. The monoisotopic (exact) mass is 500 g/mol. The summed E-state index contributed by atoms with van der Waals surface area (Å²) >= 11 is 14.9. The van der Waals surface area contributed by atoms with Crippen molar-refractivity contribution in [3.8, 4) is 10.6 Å². The van der Waals surface area contributed by atoms with Crippen molar-refractivity contribution in [1.82, 2.24) is 15.4 Å². The number of halogens is 2. The smallest absolute Gasteiger partial charge is 0.246 e. The molecule has 9 heteroatoms. The summed E-state index contributed by atoms with van der Waals surface area (Å²) in [5, 5.41) is 9.19. The number of hydrazone groups is 1. The van der Waals surface area contributed by atoms with Crippen LogP contribution in [0.4, 0.5) is 0 Å². The molecule has 4 rings (SSSR count). The van der Waals surface area contributed by atoms with Crippen molar-refractivity contribution in [3.63, 3.8) is 0 Å². The van der Waals surface area contributed by atoms with Gasteiger partial charge in [0.25, 0.3) is 0 Å². The lowest BCUT2D eigenvalue weighted by Gasteiger charge is -1.98. The summed E-state index contributed by atoms with van der Waals surface area (Å²) in [4.78, 5) is 22.3. The van der Waals surface area contributed by atoms with Gasteiger partial charge < -0.3 is 0 Å². The van der Waals surface area contributed by atoms with Crippen molar-refractivity contribution >= 4 is 58.0 Å². The first-order chi connectivity index (χ1) is 15.5. The van der Waals surface area contributed by atoms with Gasteiger partial charge in [-0.1, -0.05) is 47.5 Å². The van der Waals surface area contributed by atoms with E-state index in [1.807, 2.05) is 60.8 Å². The Morgan fingerprint density at radius 1 is 1.06 bits per heavy atom. The van der Waals surface area contributed by atoms with Crippen molar-refractivity contribution in [1.29, 1.82) is 0 Å². The Balaban J connectivity index is 1.32. The first-order valence-corrected chi connectivity index (χ1v) is 12.1.